The van der Waals surface area contributed by atoms with Crippen LogP contribution in [-0.2, 0) is 4.79 Å². The topological polar surface area (TPSA) is 49.6 Å². The molecule has 4 nitrogen and oxygen atoms in total. The van der Waals surface area contributed by atoms with Gasteiger partial charge in [0.25, 0.3) is 0 Å². The fourth-order valence-corrected chi connectivity index (χ4v) is 2.28. The van der Waals surface area contributed by atoms with Crippen LogP contribution in [-0.4, -0.2) is 43.5 Å². The van der Waals surface area contributed by atoms with Crippen LogP contribution in [0.4, 0.5) is 10.1 Å². The molecule has 0 aliphatic carbocycles. The van der Waals surface area contributed by atoms with Gasteiger partial charge in [-0.2, -0.15) is 0 Å². The van der Waals surface area contributed by atoms with E-state index in [1.807, 2.05) is 4.90 Å². The molecule has 1 heterocycles. The lowest BCUT2D eigenvalue weighted by Crippen LogP contribution is -2.48. The average molecular weight is 265 g/mol. The van der Waals surface area contributed by atoms with Gasteiger partial charge in [-0.3, -0.25) is 4.79 Å². The van der Waals surface area contributed by atoms with Crippen LogP contribution in [0, 0.1) is 5.82 Å². The zero-order valence-electron chi connectivity index (χ0n) is 11.0. The summed E-state index contributed by atoms with van der Waals surface area (Å²) in [4.78, 5) is 15.9. The van der Waals surface area contributed by atoms with Gasteiger partial charge in [-0.25, -0.2) is 4.39 Å². The molecule has 1 saturated heterocycles. The molecule has 0 spiro atoms. The Labute approximate surface area is 113 Å². The van der Waals surface area contributed by atoms with Crippen molar-refractivity contribution in [3.05, 3.63) is 30.1 Å². The highest BCUT2D eigenvalue weighted by atomic mass is 19.1. The van der Waals surface area contributed by atoms with E-state index in [9.17, 15) is 9.18 Å². The van der Waals surface area contributed by atoms with Crippen LogP contribution < -0.4 is 10.6 Å². The number of benzene rings is 1. The lowest BCUT2D eigenvalue weighted by molar-refractivity contribution is -0.131. The van der Waals surface area contributed by atoms with Gasteiger partial charge in [0.1, 0.15) is 5.82 Å². The van der Waals surface area contributed by atoms with Gasteiger partial charge in [-0.1, -0.05) is 0 Å². The molecule has 0 saturated carbocycles. The summed E-state index contributed by atoms with van der Waals surface area (Å²) < 4.78 is 12.9. The predicted octanol–water partition coefficient (Wildman–Crippen LogP) is 1.21. The van der Waals surface area contributed by atoms with Gasteiger partial charge in [0.15, 0.2) is 0 Å². The number of hydrogen-bond donors (Lipinski definition) is 1. The minimum absolute atomic E-state index is 0.184. The third-order valence-corrected chi connectivity index (χ3v) is 3.42. The number of rotatable bonds is 4. The van der Waals surface area contributed by atoms with Crippen LogP contribution in [0.3, 0.4) is 0 Å². The first-order valence-electron chi connectivity index (χ1n) is 6.69. The second-order valence-corrected chi connectivity index (χ2v) is 4.74. The monoisotopic (exact) mass is 265 g/mol. The number of amides is 1. The Kier molecular flexibility index (Phi) is 4.74. The van der Waals surface area contributed by atoms with Crippen molar-refractivity contribution in [2.75, 3.05) is 37.6 Å². The number of halogens is 1. The van der Waals surface area contributed by atoms with E-state index >= 15 is 0 Å². The van der Waals surface area contributed by atoms with E-state index in [0.717, 1.165) is 38.3 Å². The van der Waals surface area contributed by atoms with E-state index in [1.54, 1.807) is 12.1 Å². The number of nitrogens with two attached hydrogens (primary N) is 1. The quantitative estimate of drug-likeness (QED) is 0.890. The van der Waals surface area contributed by atoms with E-state index in [1.165, 1.54) is 12.1 Å². The molecule has 1 aliphatic heterocycles. The average Bonchev–Trinajstić information content (AvgIpc) is 2.46. The number of piperazine rings is 1. The van der Waals surface area contributed by atoms with Crippen molar-refractivity contribution in [2.24, 2.45) is 5.73 Å². The third-order valence-electron chi connectivity index (χ3n) is 3.42. The summed E-state index contributed by atoms with van der Waals surface area (Å²) in [5.74, 6) is -0.0384. The molecule has 2 N–H and O–H groups in total. The Morgan fingerprint density at radius 2 is 1.79 bits per heavy atom. The minimum atomic E-state index is -0.223. The van der Waals surface area contributed by atoms with Gasteiger partial charge >= 0.3 is 0 Å². The molecule has 0 aromatic heterocycles. The highest BCUT2D eigenvalue weighted by Crippen LogP contribution is 2.17. The third kappa shape index (κ3) is 3.67. The largest absolute Gasteiger partial charge is 0.368 e. The molecular formula is C14H20FN3O. The summed E-state index contributed by atoms with van der Waals surface area (Å²) in [6.07, 6.45) is 1.28. The molecule has 19 heavy (non-hydrogen) atoms. The second kappa shape index (κ2) is 6.52. The maximum Gasteiger partial charge on any atom is 0.222 e. The molecule has 1 aromatic rings. The first-order chi connectivity index (χ1) is 9.20. The Hall–Kier alpha value is -1.62. The highest BCUT2D eigenvalue weighted by Gasteiger charge is 2.20. The van der Waals surface area contributed by atoms with Crippen LogP contribution in [0.1, 0.15) is 12.8 Å². The molecule has 0 unspecified atom stereocenters. The minimum Gasteiger partial charge on any atom is -0.368 e. The van der Waals surface area contributed by atoms with Crippen LogP contribution in [0.5, 0.6) is 0 Å². The Bertz CT molecular complexity index is 413. The van der Waals surface area contributed by atoms with E-state index < -0.39 is 0 Å². The van der Waals surface area contributed by atoms with E-state index in [4.69, 9.17) is 5.73 Å². The van der Waals surface area contributed by atoms with Gasteiger partial charge in [0.05, 0.1) is 0 Å². The first-order valence-corrected chi connectivity index (χ1v) is 6.69. The predicted molar refractivity (Wildman–Crippen MR) is 73.5 cm³/mol. The standard InChI is InChI=1S/C14H20FN3O/c15-12-3-5-13(6-4-12)17-8-10-18(11-9-17)14(19)2-1-7-16/h3-6H,1-2,7-11,16H2. The molecule has 2 rings (SSSR count). The van der Waals surface area contributed by atoms with Crippen molar-refractivity contribution in [2.45, 2.75) is 12.8 Å². The van der Waals surface area contributed by atoms with Crippen molar-refractivity contribution >= 4 is 11.6 Å². The second-order valence-electron chi connectivity index (χ2n) is 4.74. The van der Waals surface area contributed by atoms with Gasteiger partial charge in [0.2, 0.25) is 5.91 Å². The van der Waals surface area contributed by atoms with Gasteiger partial charge in [-0.05, 0) is 37.2 Å². The Morgan fingerprint density at radius 1 is 1.16 bits per heavy atom. The molecule has 0 atom stereocenters. The van der Waals surface area contributed by atoms with Gasteiger partial charge in [-0.15, -0.1) is 0 Å². The fourth-order valence-electron chi connectivity index (χ4n) is 2.28. The van der Waals surface area contributed by atoms with Crippen molar-refractivity contribution in [1.82, 2.24) is 4.90 Å². The molecule has 1 amide bonds. The summed E-state index contributed by atoms with van der Waals surface area (Å²) >= 11 is 0. The van der Waals surface area contributed by atoms with Crippen LogP contribution >= 0.6 is 0 Å². The zero-order chi connectivity index (χ0) is 13.7. The summed E-state index contributed by atoms with van der Waals surface area (Å²) in [7, 11) is 0. The van der Waals surface area contributed by atoms with Gasteiger partial charge < -0.3 is 15.5 Å². The van der Waals surface area contributed by atoms with Crippen molar-refractivity contribution in [1.29, 1.82) is 0 Å². The molecule has 5 heteroatoms. The molecular weight excluding hydrogens is 245 g/mol. The molecule has 1 aliphatic rings. The maximum absolute atomic E-state index is 12.9. The van der Waals surface area contributed by atoms with E-state index in [-0.39, 0.29) is 11.7 Å². The normalized spacial score (nSPS) is 15.7. The lowest BCUT2D eigenvalue weighted by Gasteiger charge is -2.36. The molecule has 104 valence electrons. The van der Waals surface area contributed by atoms with E-state index in [2.05, 4.69) is 4.90 Å². The summed E-state index contributed by atoms with van der Waals surface area (Å²) in [5, 5.41) is 0. The zero-order valence-corrected chi connectivity index (χ0v) is 11.0. The maximum atomic E-state index is 12.9. The Morgan fingerprint density at radius 3 is 2.37 bits per heavy atom. The van der Waals surface area contributed by atoms with Crippen LogP contribution in [0.25, 0.3) is 0 Å². The SMILES string of the molecule is NCCCC(=O)N1CCN(c2ccc(F)cc2)CC1. The number of anilines is 1. The molecule has 0 radical (unpaired) electrons. The Balaban J connectivity index is 1.85. The summed E-state index contributed by atoms with van der Waals surface area (Å²) in [5.41, 5.74) is 6.42. The van der Waals surface area contributed by atoms with E-state index in [0.29, 0.717) is 13.0 Å². The van der Waals surface area contributed by atoms with Crippen molar-refractivity contribution in [3.8, 4) is 0 Å². The van der Waals surface area contributed by atoms with Gasteiger partial charge in [0, 0.05) is 38.3 Å². The molecule has 1 fully saturated rings. The lowest BCUT2D eigenvalue weighted by atomic mass is 10.2. The first kappa shape index (κ1) is 13.8. The van der Waals surface area contributed by atoms with Crippen molar-refractivity contribution in [3.63, 3.8) is 0 Å². The number of nitrogens with zero attached hydrogens (tertiary/aromatic N) is 2. The van der Waals surface area contributed by atoms with Crippen LogP contribution in [0.15, 0.2) is 24.3 Å². The number of carbonyl (C=O) groups excluding carboxylic acids is 1. The highest BCUT2D eigenvalue weighted by molar-refractivity contribution is 5.76. The molecule has 0 bridgehead atoms. The van der Waals surface area contributed by atoms with Crippen molar-refractivity contribution < 1.29 is 9.18 Å². The number of carbonyl (C=O) groups is 1. The summed E-state index contributed by atoms with van der Waals surface area (Å²) in [6.45, 7) is 3.59. The summed E-state index contributed by atoms with van der Waals surface area (Å²) in [6, 6.07) is 6.49. The number of hydrogen-bond acceptors (Lipinski definition) is 3. The smallest absolute Gasteiger partial charge is 0.222 e. The molecule has 1 aromatic carbocycles. The van der Waals surface area contributed by atoms with Crippen LogP contribution in [0.2, 0.25) is 0 Å². The fraction of sp³-hybridized carbons (Fsp3) is 0.500.